The topological polar surface area (TPSA) is 72.9 Å². The second kappa shape index (κ2) is 5.66. The molecule has 0 aromatic carbocycles. The van der Waals surface area contributed by atoms with E-state index >= 15 is 0 Å². The van der Waals surface area contributed by atoms with Crippen molar-refractivity contribution in [1.82, 2.24) is 4.90 Å². The zero-order valence-corrected chi connectivity index (χ0v) is 13.0. The van der Waals surface area contributed by atoms with Crippen molar-refractivity contribution in [3.8, 4) is 0 Å². The van der Waals surface area contributed by atoms with Gasteiger partial charge in [-0.2, -0.15) is 8.42 Å². The zero-order chi connectivity index (χ0) is 14.8. The van der Waals surface area contributed by atoms with Crippen LogP contribution in [0.5, 0.6) is 0 Å². The fourth-order valence-corrected chi connectivity index (χ4v) is 2.39. The summed E-state index contributed by atoms with van der Waals surface area (Å²) in [5.41, 5.74) is -0.564. The summed E-state index contributed by atoms with van der Waals surface area (Å²) in [7, 11) is -3.50. The number of carbonyl (C=O) groups excluding carboxylic acids is 1. The third-order valence-corrected chi connectivity index (χ3v) is 3.53. The minimum absolute atomic E-state index is 0.0146. The fraction of sp³-hybridized carbons (Fsp3) is 0.917. The molecule has 0 N–H and O–H groups in total. The lowest BCUT2D eigenvalue weighted by Gasteiger charge is -2.29. The van der Waals surface area contributed by atoms with Crippen molar-refractivity contribution in [2.24, 2.45) is 5.92 Å². The number of nitrogens with zero attached hydrogens (tertiary/aromatic N) is 1. The number of likely N-dealkylation sites (tertiary alicyclic amines) is 1. The van der Waals surface area contributed by atoms with Gasteiger partial charge in [0, 0.05) is 6.54 Å². The highest BCUT2D eigenvalue weighted by atomic mass is 32.2. The molecule has 0 radical (unpaired) electrons. The molecule has 0 aromatic heterocycles. The third-order valence-electron chi connectivity index (χ3n) is 2.96. The third kappa shape index (κ3) is 5.36. The number of hydrogen-bond donors (Lipinski definition) is 0. The normalized spacial score (nSPS) is 24.6. The van der Waals surface area contributed by atoms with E-state index in [0.717, 1.165) is 12.7 Å². The predicted octanol–water partition coefficient (Wildman–Crippen LogP) is 1.61. The summed E-state index contributed by atoms with van der Waals surface area (Å²) in [6, 6.07) is -0.260. The van der Waals surface area contributed by atoms with Gasteiger partial charge in [-0.15, -0.1) is 0 Å². The van der Waals surface area contributed by atoms with Gasteiger partial charge in [-0.25, -0.2) is 4.79 Å². The van der Waals surface area contributed by atoms with E-state index in [4.69, 9.17) is 8.92 Å². The molecule has 0 saturated carbocycles. The van der Waals surface area contributed by atoms with Gasteiger partial charge in [0.15, 0.2) is 0 Å². The quantitative estimate of drug-likeness (QED) is 0.739. The Morgan fingerprint density at radius 3 is 2.42 bits per heavy atom. The Bertz CT molecular complexity index is 426. The van der Waals surface area contributed by atoms with Gasteiger partial charge in [0.25, 0.3) is 10.1 Å². The Hall–Kier alpha value is -0.820. The minimum Gasteiger partial charge on any atom is -0.444 e. The van der Waals surface area contributed by atoms with E-state index in [2.05, 4.69) is 0 Å². The molecule has 112 valence electrons. The molecule has 0 unspecified atom stereocenters. The second-order valence-corrected chi connectivity index (χ2v) is 7.64. The number of hydrogen-bond acceptors (Lipinski definition) is 5. The van der Waals surface area contributed by atoms with Crippen molar-refractivity contribution in [3.63, 3.8) is 0 Å². The maximum Gasteiger partial charge on any atom is 0.410 e. The average molecular weight is 293 g/mol. The van der Waals surface area contributed by atoms with Crippen molar-refractivity contribution in [3.05, 3.63) is 0 Å². The van der Waals surface area contributed by atoms with Crippen LogP contribution in [0.1, 0.15) is 34.1 Å². The molecule has 1 fully saturated rings. The molecule has 0 spiro atoms. The van der Waals surface area contributed by atoms with Crippen molar-refractivity contribution >= 4 is 16.2 Å². The van der Waals surface area contributed by atoms with Crippen LogP contribution in [-0.4, -0.2) is 50.5 Å². The van der Waals surface area contributed by atoms with Gasteiger partial charge < -0.3 is 9.64 Å². The van der Waals surface area contributed by atoms with Crippen LogP contribution in [0, 0.1) is 5.92 Å². The SMILES string of the molecule is C[C@H]1CCN(C(=O)OC(C)(C)C)[C@@H]1COS(C)(=O)=O. The van der Waals surface area contributed by atoms with E-state index in [0.29, 0.717) is 6.54 Å². The van der Waals surface area contributed by atoms with Crippen LogP contribution in [0.2, 0.25) is 0 Å². The smallest absolute Gasteiger partial charge is 0.410 e. The van der Waals surface area contributed by atoms with Gasteiger partial charge in [-0.3, -0.25) is 4.18 Å². The molecule has 1 amide bonds. The lowest BCUT2D eigenvalue weighted by Crippen LogP contribution is -2.43. The Kier molecular flexibility index (Phi) is 4.84. The molecule has 1 heterocycles. The van der Waals surface area contributed by atoms with Crippen LogP contribution in [0.15, 0.2) is 0 Å². The molecule has 1 saturated heterocycles. The molecule has 2 atom stereocenters. The summed E-state index contributed by atoms with van der Waals surface area (Å²) in [5, 5.41) is 0. The van der Waals surface area contributed by atoms with Crippen LogP contribution >= 0.6 is 0 Å². The van der Waals surface area contributed by atoms with Crippen molar-refractivity contribution in [2.75, 3.05) is 19.4 Å². The molecule has 1 aliphatic heterocycles. The Morgan fingerprint density at radius 2 is 1.95 bits per heavy atom. The summed E-state index contributed by atoms with van der Waals surface area (Å²) in [6.07, 6.45) is 1.40. The lowest BCUT2D eigenvalue weighted by atomic mass is 10.0. The summed E-state index contributed by atoms with van der Waals surface area (Å²) in [6.45, 7) is 7.92. The first kappa shape index (κ1) is 16.2. The number of rotatable bonds is 3. The van der Waals surface area contributed by atoms with E-state index in [1.54, 1.807) is 25.7 Å². The largest absolute Gasteiger partial charge is 0.444 e. The van der Waals surface area contributed by atoms with Gasteiger partial charge in [0.1, 0.15) is 5.60 Å². The molecule has 7 heteroatoms. The minimum atomic E-state index is -3.50. The van der Waals surface area contributed by atoms with Crippen molar-refractivity contribution in [1.29, 1.82) is 0 Å². The van der Waals surface area contributed by atoms with E-state index in [-0.39, 0.29) is 18.6 Å². The van der Waals surface area contributed by atoms with E-state index < -0.39 is 21.8 Å². The van der Waals surface area contributed by atoms with Gasteiger partial charge in [0.2, 0.25) is 0 Å². The van der Waals surface area contributed by atoms with Crippen LogP contribution in [0.25, 0.3) is 0 Å². The highest BCUT2D eigenvalue weighted by Gasteiger charge is 2.37. The molecule has 19 heavy (non-hydrogen) atoms. The number of carbonyl (C=O) groups is 1. The first-order valence-corrected chi connectivity index (χ1v) is 8.15. The van der Waals surface area contributed by atoms with Gasteiger partial charge >= 0.3 is 6.09 Å². The second-order valence-electron chi connectivity index (χ2n) is 6.00. The van der Waals surface area contributed by atoms with E-state index in [9.17, 15) is 13.2 Å². The molecule has 1 aliphatic rings. The molecule has 0 aromatic rings. The number of ether oxygens (including phenoxy) is 1. The number of amides is 1. The van der Waals surface area contributed by atoms with Crippen molar-refractivity contribution in [2.45, 2.75) is 45.8 Å². The monoisotopic (exact) mass is 293 g/mol. The summed E-state index contributed by atoms with van der Waals surface area (Å²) in [5.74, 6) is 0.189. The molecule has 0 aliphatic carbocycles. The first-order chi connectivity index (χ1) is 8.49. The maximum atomic E-state index is 12.0. The van der Waals surface area contributed by atoms with Crippen LogP contribution < -0.4 is 0 Å². The highest BCUT2D eigenvalue weighted by molar-refractivity contribution is 7.85. The highest BCUT2D eigenvalue weighted by Crippen LogP contribution is 2.26. The standard InChI is InChI=1S/C12H23NO5S/c1-9-6-7-13(11(14)18-12(2,3)4)10(9)8-17-19(5,15)16/h9-10H,6-8H2,1-5H3/t9-,10+/m0/s1. The maximum absolute atomic E-state index is 12.0. The molecule has 1 rings (SSSR count). The molecular weight excluding hydrogens is 270 g/mol. The molecule has 0 bridgehead atoms. The summed E-state index contributed by atoms with van der Waals surface area (Å²) < 4.78 is 32.2. The van der Waals surface area contributed by atoms with Crippen LogP contribution in [0.4, 0.5) is 4.79 Å². The van der Waals surface area contributed by atoms with Gasteiger partial charge in [-0.05, 0) is 33.1 Å². The fourth-order valence-electron chi connectivity index (χ4n) is 2.00. The Morgan fingerprint density at radius 1 is 1.37 bits per heavy atom. The van der Waals surface area contributed by atoms with Gasteiger partial charge in [-0.1, -0.05) is 6.92 Å². The molecular formula is C12H23NO5S. The average Bonchev–Trinajstić information content (AvgIpc) is 2.53. The summed E-state index contributed by atoms with van der Waals surface area (Å²) in [4.78, 5) is 13.6. The first-order valence-electron chi connectivity index (χ1n) is 6.33. The van der Waals surface area contributed by atoms with Crippen LogP contribution in [0.3, 0.4) is 0 Å². The Labute approximate surface area is 115 Å². The van der Waals surface area contributed by atoms with E-state index in [1.807, 2.05) is 6.92 Å². The lowest BCUT2D eigenvalue weighted by molar-refractivity contribution is 0.0167. The molecule has 6 nitrogen and oxygen atoms in total. The van der Waals surface area contributed by atoms with Gasteiger partial charge in [0.05, 0.1) is 18.9 Å². The zero-order valence-electron chi connectivity index (χ0n) is 12.2. The van der Waals surface area contributed by atoms with Crippen molar-refractivity contribution < 1.29 is 22.1 Å². The van der Waals surface area contributed by atoms with E-state index in [1.165, 1.54) is 0 Å². The Balaban J connectivity index is 2.69. The van der Waals surface area contributed by atoms with Crippen LogP contribution in [-0.2, 0) is 19.0 Å². The predicted molar refractivity (Wildman–Crippen MR) is 71.3 cm³/mol. The summed E-state index contributed by atoms with van der Waals surface area (Å²) >= 11 is 0.